The monoisotopic (exact) mass is 484 g/mol. The van der Waals surface area contributed by atoms with Gasteiger partial charge in [0.2, 0.25) is 0 Å². The number of benzene rings is 2. The lowest BCUT2D eigenvalue weighted by Gasteiger charge is -2.25. The summed E-state index contributed by atoms with van der Waals surface area (Å²) in [4.78, 5) is 18.3. The zero-order chi connectivity index (χ0) is 17.9. The zero-order valence-electron chi connectivity index (χ0n) is 15.1. The number of carbonyl (C=O) groups excluding carboxylic acids is 1. The van der Waals surface area contributed by atoms with Crippen LogP contribution in [-0.4, -0.2) is 35.4 Å². The highest BCUT2D eigenvalue weighted by molar-refractivity contribution is 14.0. The molecule has 0 aromatic heterocycles. The van der Waals surface area contributed by atoms with Crippen LogP contribution >= 0.6 is 35.7 Å². The van der Waals surface area contributed by atoms with Gasteiger partial charge in [-0.25, -0.2) is 0 Å². The summed E-state index contributed by atoms with van der Waals surface area (Å²) in [7, 11) is 0. The van der Waals surface area contributed by atoms with Crippen molar-refractivity contribution in [1.29, 1.82) is 0 Å². The molecule has 0 heterocycles. The standard InChI is InChI=1S/C20H24N2O2S.HI/c1-3-24-19(23)14-21-20(25-2)22(15-17-10-6-4-7-11-17)16-18-12-8-5-9-13-18;/h4-13H,3,14-16H2,1-2H3;1H. The molecule has 0 aliphatic carbocycles. The van der Waals surface area contributed by atoms with E-state index in [0.717, 1.165) is 18.3 Å². The van der Waals surface area contributed by atoms with Crippen molar-refractivity contribution in [2.24, 2.45) is 4.99 Å². The van der Waals surface area contributed by atoms with Gasteiger partial charge in [-0.05, 0) is 24.3 Å². The van der Waals surface area contributed by atoms with E-state index in [2.05, 4.69) is 34.2 Å². The summed E-state index contributed by atoms with van der Waals surface area (Å²) in [6.07, 6.45) is 1.98. The lowest BCUT2D eigenvalue weighted by molar-refractivity contribution is -0.141. The summed E-state index contributed by atoms with van der Waals surface area (Å²) in [5.41, 5.74) is 2.41. The fourth-order valence-electron chi connectivity index (χ4n) is 2.43. The molecule has 0 aliphatic heterocycles. The average molecular weight is 484 g/mol. The van der Waals surface area contributed by atoms with Crippen molar-refractivity contribution < 1.29 is 9.53 Å². The number of nitrogens with zero attached hydrogens (tertiary/aromatic N) is 2. The Morgan fingerprint density at radius 3 is 1.92 bits per heavy atom. The number of aliphatic imine (C=N–C) groups is 1. The predicted octanol–water partition coefficient (Wildman–Crippen LogP) is 4.59. The molecular weight excluding hydrogens is 459 g/mol. The maximum Gasteiger partial charge on any atom is 0.327 e. The van der Waals surface area contributed by atoms with Crippen molar-refractivity contribution in [2.45, 2.75) is 20.0 Å². The van der Waals surface area contributed by atoms with Gasteiger partial charge in [0.05, 0.1) is 6.61 Å². The molecule has 4 nitrogen and oxygen atoms in total. The first-order valence-corrected chi connectivity index (χ1v) is 9.52. The van der Waals surface area contributed by atoms with Crippen LogP contribution in [-0.2, 0) is 22.6 Å². The highest BCUT2D eigenvalue weighted by Crippen LogP contribution is 2.15. The minimum atomic E-state index is -0.298. The largest absolute Gasteiger partial charge is 0.465 e. The number of halogens is 1. The first-order valence-electron chi connectivity index (χ1n) is 8.29. The topological polar surface area (TPSA) is 41.9 Å². The van der Waals surface area contributed by atoms with E-state index < -0.39 is 0 Å². The van der Waals surface area contributed by atoms with Crippen LogP contribution in [0.3, 0.4) is 0 Å². The molecule has 26 heavy (non-hydrogen) atoms. The smallest absolute Gasteiger partial charge is 0.327 e. The summed E-state index contributed by atoms with van der Waals surface area (Å²) in [6.45, 7) is 3.69. The van der Waals surface area contributed by atoms with Gasteiger partial charge in [0, 0.05) is 13.1 Å². The molecular formula is C20H25IN2O2S. The summed E-state index contributed by atoms with van der Waals surface area (Å²) in [6, 6.07) is 20.5. The Morgan fingerprint density at radius 2 is 1.50 bits per heavy atom. The van der Waals surface area contributed by atoms with Crippen LogP contribution in [0.4, 0.5) is 0 Å². The van der Waals surface area contributed by atoms with E-state index in [4.69, 9.17) is 4.74 Å². The molecule has 0 bridgehead atoms. The molecule has 0 N–H and O–H groups in total. The summed E-state index contributed by atoms with van der Waals surface area (Å²) in [5.74, 6) is -0.298. The molecule has 0 atom stereocenters. The molecule has 0 aliphatic rings. The van der Waals surface area contributed by atoms with E-state index in [1.54, 1.807) is 18.7 Å². The number of esters is 1. The Bertz CT molecular complexity index is 639. The lowest BCUT2D eigenvalue weighted by atomic mass is 10.2. The molecule has 0 unspecified atom stereocenters. The van der Waals surface area contributed by atoms with Crippen molar-refractivity contribution in [2.75, 3.05) is 19.4 Å². The molecule has 2 aromatic carbocycles. The van der Waals surface area contributed by atoms with Crippen LogP contribution in [0.2, 0.25) is 0 Å². The molecule has 2 rings (SSSR count). The van der Waals surface area contributed by atoms with E-state index in [1.165, 1.54) is 11.1 Å². The molecule has 0 saturated carbocycles. The van der Waals surface area contributed by atoms with Gasteiger partial charge in [-0.2, -0.15) is 0 Å². The highest BCUT2D eigenvalue weighted by atomic mass is 127. The SMILES string of the molecule is CCOC(=O)CN=C(SC)N(Cc1ccccc1)Cc1ccccc1.I. The van der Waals surface area contributed by atoms with E-state index in [9.17, 15) is 4.79 Å². The van der Waals surface area contributed by atoms with Gasteiger partial charge in [-0.1, -0.05) is 72.4 Å². The minimum absolute atomic E-state index is 0. The van der Waals surface area contributed by atoms with Crippen LogP contribution < -0.4 is 0 Å². The number of carbonyl (C=O) groups is 1. The van der Waals surface area contributed by atoms with Crippen LogP contribution in [0, 0.1) is 0 Å². The Labute approximate surface area is 177 Å². The third-order valence-corrected chi connectivity index (χ3v) is 4.29. The van der Waals surface area contributed by atoms with E-state index >= 15 is 0 Å². The third kappa shape index (κ3) is 7.78. The third-order valence-electron chi connectivity index (χ3n) is 3.53. The van der Waals surface area contributed by atoms with Crippen LogP contribution in [0.15, 0.2) is 65.7 Å². The highest BCUT2D eigenvalue weighted by Gasteiger charge is 2.13. The number of hydrogen-bond donors (Lipinski definition) is 0. The maximum absolute atomic E-state index is 11.6. The number of hydrogen-bond acceptors (Lipinski definition) is 4. The van der Waals surface area contributed by atoms with Crippen molar-refractivity contribution >= 4 is 46.9 Å². The minimum Gasteiger partial charge on any atom is -0.465 e. The number of rotatable bonds is 7. The lowest BCUT2D eigenvalue weighted by Crippen LogP contribution is -2.28. The first-order chi connectivity index (χ1) is 12.2. The Hall–Kier alpha value is -1.54. The summed E-state index contributed by atoms with van der Waals surface area (Å²) >= 11 is 1.54. The fourth-order valence-corrected chi connectivity index (χ4v) is 3.01. The second kappa shape index (κ2) is 12.8. The maximum atomic E-state index is 11.6. The van der Waals surface area contributed by atoms with Gasteiger partial charge >= 0.3 is 5.97 Å². The van der Waals surface area contributed by atoms with Crippen LogP contribution in [0.5, 0.6) is 0 Å². The van der Waals surface area contributed by atoms with Gasteiger partial charge in [0.1, 0.15) is 6.54 Å². The number of ether oxygens (including phenoxy) is 1. The first kappa shape index (κ1) is 22.5. The van der Waals surface area contributed by atoms with E-state index in [-0.39, 0.29) is 36.5 Å². The quantitative estimate of drug-likeness (QED) is 0.250. The molecule has 6 heteroatoms. The molecule has 140 valence electrons. The number of thioether (sulfide) groups is 1. The Balaban J connectivity index is 0.00000338. The molecule has 0 saturated heterocycles. The van der Waals surface area contributed by atoms with Crippen LogP contribution in [0.25, 0.3) is 0 Å². The van der Waals surface area contributed by atoms with Crippen molar-refractivity contribution in [3.05, 3.63) is 71.8 Å². The van der Waals surface area contributed by atoms with Gasteiger partial charge in [-0.3, -0.25) is 9.79 Å². The molecule has 0 fully saturated rings. The summed E-state index contributed by atoms with van der Waals surface area (Å²) in [5, 5.41) is 0.834. The van der Waals surface area contributed by atoms with Crippen LogP contribution in [0.1, 0.15) is 18.1 Å². The van der Waals surface area contributed by atoms with E-state index in [1.807, 2.05) is 42.7 Å². The normalized spacial score (nSPS) is 10.8. The second-order valence-corrected chi connectivity index (χ2v) is 6.21. The Kier molecular flexibility index (Phi) is 11.0. The second-order valence-electron chi connectivity index (χ2n) is 5.44. The van der Waals surface area contributed by atoms with Crippen molar-refractivity contribution in [3.8, 4) is 0 Å². The van der Waals surface area contributed by atoms with Crippen molar-refractivity contribution in [1.82, 2.24) is 4.90 Å². The van der Waals surface area contributed by atoms with Gasteiger partial charge in [0.25, 0.3) is 0 Å². The zero-order valence-corrected chi connectivity index (χ0v) is 18.3. The molecule has 0 radical (unpaired) electrons. The fraction of sp³-hybridized carbons (Fsp3) is 0.300. The molecule has 2 aromatic rings. The van der Waals surface area contributed by atoms with Crippen molar-refractivity contribution in [3.63, 3.8) is 0 Å². The van der Waals surface area contributed by atoms with E-state index in [0.29, 0.717) is 6.61 Å². The van der Waals surface area contributed by atoms with Gasteiger partial charge < -0.3 is 9.64 Å². The molecule has 0 spiro atoms. The molecule has 0 amide bonds. The average Bonchev–Trinajstić information content (AvgIpc) is 2.64. The van der Waals surface area contributed by atoms with Gasteiger partial charge in [-0.15, -0.1) is 24.0 Å². The summed E-state index contributed by atoms with van der Waals surface area (Å²) < 4.78 is 4.98. The number of amidine groups is 1. The predicted molar refractivity (Wildman–Crippen MR) is 120 cm³/mol. The Morgan fingerprint density at radius 1 is 1.00 bits per heavy atom. The van der Waals surface area contributed by atoms with Gasteiger partial charge in [0.15, 0.2) is 5.17 Å².